The predicted octanol–water partition coefficient (Wildman–Crippen LogP) is 2.33. The van der Waals surface area contributed by atoms with Gasteiger partial charge in [-0.25, -0.2) is 0 Å². The van der Waals surface area contributed by atoms with Crippen LogP contribution in [-0.2, 0) is 6.42 Å². The molecule has 3 nitrogen and oxygen atoms in total. The Balaban J connectivity index is 2.42. The molecule has 2 N–H and O–H groups in total. The van der Waals surface area contributed by atoms with E-state index in [1.807, 2.05) is 18.2 Å². The molecule has 1 aromatic heterocycles. The zero-order chi connectivity index (χ0) is 10.7. The van der Waals surface area contributed by atoms with Gasteiger partial charge in [0.05, 0.1) is 13.4 Å². The van der Waals surface area contributed by atoms with E-state index < -0.39 is 0 Å². The van der Waals surface area contributed by atoms with Crippen LogP contribution in [-0.4, -0.2) is 13.7 Å². The number of hydrogen-bond acceptors (Lipinski definition) is 3. The minimum atomic E-state index is 0.705. The minimum absolute atomic E-state index is 0.705. The first-order valence-corrected chi connectivity index (χ1v) is 5.10. The molecule has 0 atom stereocenters. The lowest BCUT2D eigenvalue weighted by Gasteiger charge is -2.00. The molecular formula is C12H15NO2. The molecule has 0 radical (unpaired) electrons. The largest absolute Gasteiger partial charge is 0.493 e. The van der Waals surface area contributed by atoms with Crippen molar-refractivity contribution < 1.29 is 9.15 Å². The van der Waals surface area contributed by atoms with Crippen molar-refractivity contribution in [1.29, 1.82) is 0 Å². The number of rotatable bonds is 4. The molecule has 0 aliphatic carbocycles. The van der Waals surface area contributed by atoms with E-state index in [0.717, 1.165) is 29.6 Å². The SMILES string of the molecule is COc1cccc2c(CCCN)coc12. The average molecular weight is 205 g/mol. The number of aryl methyl sites for hydroxylation is 1. The molecule has 0 unspecified atom stereocenters. The second kappa shape index (κ2) is 4.36. The molecule has 1 aromatic carbocycles. The molecule has 0 saturated heterocycles. The minimum Gasteiger partial charge on any atom is -0.493 e. The molecular weight excluding hydrogens is 190 g/mol. The van der Waals surface area contributed by atoms with Crippen molar-refractivity contribution in [2.24, 2.45) is 5.73 Å². The molecule has 15 heavy (non-hydrogen) atoms. The standard InChI is InChI=1S/C12H15NO2/c1-14-11-6-2-5-10-9(4-3-7-13)8-15-12(10)11/h2,5-6,8H,3-4,7,13H2,1H3. The smallest absolute Gasteiger partial charge is 0.175 e. The fourth-order valence-corrected chi connectivity index (χ4v) is 1.73. The maximum Gasteiger partial charge on any atom is 0.175 e. The molecule has 2 aromatic rings. The monoisotopic (exact) mass is 205 g/mol. The first kappa shape index (κ1) is 10.1. The van der Waals surface area contributed by atoms with E-state index in [1.54, 1.807) is 13.4 Å². The molecule has 3 heteroatoms. The number of ether oxygens (including phenoxy) is 1. The van der Waals surface area contributed by atoms with Gasteiger partial charge in [0.1, 0.15) is 0 Å². The fraction of sp³-hybridized carbons (Fsp3) is 0.333. The number of fused-ring (bicyclic) bond motifs is 1. The van der Waals surface area contributed by atoms with E-state index in [0.29, 0.717) is 6.54 Å². The van der Waals surface area contributed by atoms with Crippen molar-refractivity contribution in [3.8, 4) is 5.75 Å². The van der Waals surface area contributed by atoms with Crippen molar-refractivity contribution in [3.05, 3.63) is 30.0 Å². The summed E-state index contributed by atoms with van der Waals surface area (Å²) in [7, 11) is 1.65. The zero-order valence-electron chi connectivity index (χ0n) is 8.82. The molecule has 0 fully saturated rings. The predicted molar refractivity (Wildman–Crippen MR) is 60.1 cm³/mol. The van der Waals surface area contributed by atoms with Crippen molar-refractivity contribution in [2.75, 3.05) is 13.7 Å². The van der Waals surface area contributed by atoms with Crippen LogP contribution in [0.15, 0.2) is 28.9 Å². The Kier molecular flexibility index (Phi) is 2.92. The summed E-state index contributed by atoms with van der Waals surface area (Å²) in [5.74, 6) is 0.784. The lowest BCUT2D eigenvalue weighted by Crippen LogP contribution is -1.99. The zero-order valence-corrected chi connectivity index (χ0v) is 8.82. The lowest BCUT2D eigenvalue weighted by molar-refractivity contribution is 0.410. The second-order valence-electron chi connectivity index (χ2n) is 3.49. The molecule has 0 spiro atoms. The van der Waals surface area contributed by atoms with E-state index in [9.17, 15) is 0 Å². The summed E-state index contributed by atoms with van der Waals surface area (Å²) >= 11 is 0. The van der Waals surface area contributed by atoms with Gasteiger partial charge in [-0.3, -0.25) is 0 Å². The van der Waals surface area contributed by atoms with Gasteiger partial charge in [0.2, 0.25) is 0 Å². The van der Waals surface area contributed by atoms with Crippen LogP contribution in [0.3, 0.4) is 0 Å². The van der Waals surface area contributed by atoms with Crippen LogP contribution in [0.5, 0.6) is 5.75 Å². The Labute approximate surface area is 88.8 Å². The van der Waals surface area contributed by atoms with Gasteiger partial charge >= 0.3 is 0 Å². The first-order valence-electron chi connectivity index (χ1n) is 5.10. The summed E-state index contributed by atoms with van der Waals surface area (Å²) in [6.45, 7) is 0.705. The molecule has 80 valence electrons. The topological polar surface area (TPSA) is 48.4 Å². The summed E-state index contributed by atoms with van der Waals surface area (Å²) in [4.78, 5) is 0. The third-order valence-electron chi connectivity index (χ3n) is 2.51. The summed E-state index contributed by atoms with van der Waals surface area (Å²) in [5, 5.41) is 1.13. The Morgan fingerprint density at radius 3 is 3.00 bits per heavy atom. The average Bonchev–Trinajstić information content (AvgIpc) is 2.69. The normalized spacial score (nSPS) is 10.8. The van der Waals surface area contributed by atoms with Crippen LogP contribution in [0.25, 0.3) is 11.0 Å². The number of benzene rings is 1. The van der Waals surface area contributed by atoms with Gasteiger partial charge in [0.15, 0.2) is 11.3 Å². The molecule has 0 aliphatic rings. The van der Waals surface area contributed by atoms with Gasteiger partial charge in [0.25, 0.3) is 0 Å². The summed E-state index contributed by atoms with van der Waals surface area (Å²) in [5.41, 5.74) is 7.52. The molecule has 0 bridgehead atoms. The fourth-order valence-electron chi connectivity index (χ4n) is 1.73. The number of furan rings is 1. The maximum atomic E-state index is 5.50. The number of nitrogens with two attached hydrogens (primary N) is 1. The second-order valence-corrected chi connectivity index (χ2v) is 3.49. The highest BCUT2D eigenvalue weighted by Crippen LogP contribution is 2.29. The van der Waals surface area contributed by atoms with Gasteiger partial charge in [-0.15, -0.1) is 0 Å². The summed E-state index contributed by atoms with van der Waals surface area (Å²) in [6.07, 6.45) is 3.73. The number of hydrogen-bond donors (Lipinski definition) is 1. The van der Waals surface area contributed by atoms with Crippen molar-refractivity contribution >= 4 is 11.0 Å². The molecule has 2 rings (SSSR count). The highest BCUT2D eigenvalue weighted by atomic mass is 16.5. The number of para-hydroxylation sites is 1. The van der Waals surface area contributed by atoms with Crippen LogP contribution in [0, 0.1) is 0 Å². The van der Waals surface area contributed by atoms with Gasteiger partial charge < -0.3 is 14.9 Å². The van der Waals surface area contributed by atoms with Gasteiger partial charge in [-0.05, 0) is 31.0 Å². The Morgan fingerprint density at radius 1 is 1.40 bits per heavy atom. The summed E-state index contributed by atoms with van der Waals surface area (Å²) < 4.78 is 10.7. The van der Waals surface area contributed by atoms with E-state index >= 15 is 0 Å². The molecule has 1 heterocycles. The van der Waals surface area contributed by atoms with Crippen LogP contribution in [0.2, 0.25) is 0 Å². The van der Waals surface area contributed by atoms with E-state index in [2.05, 4.69) is 0 Å². The van der Waals surface area contributed by atoms with Crippen LogP contribution in [0.4, 0.5) is 0 Å². The quantitative estimate of drug-likeness (QED) is 0.833. The molecule has 0 amide bonds. The van der Waals surface area contributed by atoms with E-state index in [1.165, 1.54) is 5.56 Å². The molecule has 0 aliphatic heterocycles. The van der Waals surface area contributed by atoms with Crippen molar-refractivity contribution in [1.82, 2.24) is 0 Å². The third kappa shape index (κ3) is 1.83. The Morgan fingerprint density at radius 2 is 2.27 bits per heavy atom. The highest BCUT2D eigenvalue weighted by molar-refractivity contribution is 5.86. The van der Waals surface area contributed by atoms with Crippen LogP contribution < -0.4 is 10.5 Å². The van der Waals surface area contributed by atoms with E-state index in [-0.39, 0.29) is 0 Å². The number of methoxy groups -OCH3 is 1. The highest BCUT2D eigenvalue weighted by Gasteiger charge is 2.09. The third-order valence-corrected chi connectivity index (χ3v) is 2.51. The Hall–Kier alpha value is -1.48. The van der Waals surface area contributed by atoms with Gasteiger partial charge in [-0.1, -0.05) is 12.1 Å². The van der Waals surface area contributed by atoms with Gasteiger partial charge in [0, 0.05) is 5.39 Å². The van der Waals surface area contributed by atoms with Gasteiger partial charge in [-0.2, -0.15) is 0 Å². The van der Waals surface area contributed by atoms with Crippen LogP contribution >= 0.6 is 0 Å². The van der Waals surface area contributed by atoms with E-state index in [4.69, 9.17) is 14.9 Å². The first-order chi connectivity index (χ1) is 7.36. The maximum absolute atomic E-state index is 5.50. The van der Waals surface area contributed by atoms with Crippen molar-refractivity contribution in [3.63, 3.8) is 0 Å². The lowest BCUT2D eigenvalue weighted by atomic mass is 10.1. The molecule has 0 saturated carbocycles. The van der Waals surface area contributed by atoms with Crippen molar-refractivity contribution in [2.45, 2.75) is 12.8 Å². The summed E-state index contributed by atoms with van der Waals surface area (Å²) in [6, 6.07) is 5.92. The van der Waals surface area contributed by atoms with Crippen LogP contribution in [0.1, 0.15) is 12.0 Å². The Bertz CT molecular complexity index is 448.